The van der Waals surface area contributed by atoms with E-state index in [2.05, 4.69) is 238 Å². The fraction of sp³-hybridized carbons (Fsp3) is 0.0741. The molecule has 58 heavy (non-hydrogen) atoms. The normalized spacial score (nSPS) is 14.1. The standard InChI is InChI=1S/C54H44N4/c1-5-13-41(14-6-1)45-21-29-49(30-22-45)55-37-38-56(50-31-23-46(24-32-50)42-15-7-2-8-16-42)53(55)54-57(51-33-25-47(26-34-51)43-17-9-3-10-18-43)39-40-58(54)52-35-27-48(28-36-52)44-19-11-4-12-20-44/h1-36H,37-40H2. The summed E-state index contributed by atoms with van der Waals surface area (Å²) in [6, 6.07) is 79.0. The topological polar surface area (TPSA) is 13.0 Å². The molecule has 2 aliphatic rings. The Morgan fingerprint density at radius 3 is 0.552 bits per heavy atom. The number of hydrogen-bond acceptors (Lipinski definition) is 4. The van der Waals surface area contributed by atoms with Gasteiger partial charge in [0.2, 0.25) is 0 Å². The average Bonchev–Trinajstić information content (AvgIpc) is 3.96. The van der Waals surface area contributed by atoms with Crippen LogP contribution < -0.4 is 19.6 Å². The Bertz CT molecular complexity index is 2250. The second kappa shape index (κ2) is 15.7. The van der Waals surface area contributed by atoms with Gasteiger partial charge in [0.15, 0.2) is 11.6 Å². The van der Waals surface area contributed by atoms with Crippen LogP contribution in [0.2, 0.25) is 0 Å². The molecule has 2 aliphatic heterocycles. The molecule has 4 heteroatoms. The van der Waals surface area contributed by atoms with E-state index in [9.17, 15) is 0 Å². The summed E-state index contributed by atoms with van der Waals surface area (Å²) in [5.41, 5.74) is 14.5. The molecule has 280 valence electrons. The van der Waals surface area contributed by atoms with Crippen molar-refractivity contribution >= 4 is 22.7 Å². The van der Waals surface area contributed by atoms with Crippen LogP contribution in [0, 0.1) is 0 Å². The lowest BCUT2D eigenvalue weighted by molar-refractivity contribution is 0.966. The molecule has 2 heterocycles. The van der Waals surface area contributed by atoms with Gasteiger partial charge in [-0.1, -0.05) is 170 Å². The zero-order chi connectivity index (χ0) is 38.7. The largest absolute Gasteiger partial charge is 0.323 e. The first kappa shape index (κ1) is 35.1. The number of benzene rings is 8. The van der Waals surface area contributed by atoms with Gasteiger partial charge in [0.25, 0.3) is 0 Å². The Morgan fingerprint density at radius 2 is 0.362 bits per heavy atom. The van der Waals surface area contributed by atoms with Crippen molar-refractivity contribution in [3.8, 4) is 44.5 Å². The highest BCUT2D eigenvalue weighted by Gasteiger charge is 2.39. The number of nitrogens with zero attached hydrogens (tertiary/aromatic N) is 4. The molecule has 0 spiro atoms. The Kier molecular flexibility index (Phi) is 9.50. The zero-order valence-electron chi connectivity index (χ0n) is 32.4. The van der Waals surface area contributed by atoms with Gasteiger partial charge in [-0.3, -0.25) is 0 Å². The zero-order valence-corrected chi connectivity index (χ0v) is 32.4. The van der Waals surface area contributed by atoms with E-state index in [-0.39, 0.29) is 0 Å². The third-order valence-electron chi connectivity index (χ3n) is 11.5. The summed E-state index contributed by atoms with van der Waals surface area (Å²) in [5.74, 6) is 2.35. The van der Waals surface area contributed by atoms with Crippen molar-refractivity contribution in [3.05, 3.63) is 230 Å². The molecule has 0 unspecified atom stereocenters. The van der Waals surface area contributed by atoms with Gasteiger partial charge < -0.3 is 19.6 Å². The molecule has 2 saturated heterocycles. The smallest absolute Gasteiger partial charge is 0.156 e. The van der Waals surface area contributed by atoms with Crippen molar-refractivity contribution in [2.75, 3.05) is 45.8 Å². The van der Waals surface area contributed by atoms with E-state index >= 15 is 0 Å². The van der Waals surface area contributed by atoms with E-state index in [4.69, 9.17) is 0 Å². The van der Waals surface area contributed by atoms with Gasteiger partial charge in [0.05, 0.1) is 0 Å². The molecule has 10 rings (SSSR count). The summed E-state index contributed by atoms with van der Waals surface area (Å²) in [7, 11) is 0. The van der Waals surface area contributed by atoms with Crippen LogP contribution in [-0.2, 0) is 0 Å². The number of anilines is 4. The van der Waals surface area contributed by atoms with Gasteiger partial charge in [-0.05, 0) is 93.0 Å². The fourth-order valence-corrected chi connectivity index (χ4v) is 8.46. The maximum absolute atomic E-state index is 2.53. The maximum atomic E-state index is 2.53. The van der Waals surface area contributed by atoms with E-state index in [1.165, 1.54) is 78.9 Å². The molecule has 4 nitrogen and oxygen atoms in total. The predicted molar refractivity (Wildman–Crippen MR) is 244 cm³/mol. The summed E-state index contributed by atoms with van der Waals surface area (Å²) in [4.78, 5) is 10.1. The van der Waals surface area contributed by atoms with Crippen LogP contribution in [0.5, 0.6) is 0 Å². The minimum atomic E-state index is 0.853. The van der Waals surface area contributed by atoms with E-state index in [0.29, 0.717) is 0 Å². The van der Waals surface area contributed by atoms with Crippen LogP contribution in [0.1, 0.15) is 0 Å². The quantitative estimate of drug-likeness (QED) is 0.153. The summed E-state index contributed by atoms with van der Waals surface area (Å²) in [6.45, 7) is 3.41. The molecule has 0 bridgehead atoms. The lowest BCUT2D eigenvalue weighted by Crippen LogP contribution is -2.34. The molecule has 8 aromatic rings. The van der Waals surface area contributed by atoms with E-state index in [0.717, 1.165) is 26.2 Å². The van der Waals surface area contributed by atoms with Gasteiger partial charge in [-0.25, -0.2) is 0 Å². The first-order chi connectivity index (χ1) is 28.8. The third kappa shape index (κ3) is 6.90. The minimum absolute atomic E-state index is 0.853. The second-order valence-corrected chi connectivity index (χ2v) is 14.9. The highest BCUT2D eigenvalue weighted by molar-refractivity contribution is 5.78. The number of hydrogen-bond donors (Lipinski definition) is 0. The lowest BCUT2D eigenvalue weighted by atomic mass is 10.0. The first-order valence-corrected chi connectivity index (χ1v) is 20.2. The molecular formula is C54H44N4. The van der Waals surface area contributed by atoms with Gasteiger partial charge in [0, 0.05) is 48.9 Å². The SMILES string of the molecule is c1ccc(-c2ccc(N3CCN(c4ccc(-c5ccccc5)cc4)C3=C3N(c4ccc(-c5ccccc5)cc4)CCN3c3ccc(-c4ccccc4)cc3)cc2)cc1. The van der Waals surface area contributed by atoms with Crippen molar-refractivity contribution in [1.29, 1.82) is 0 Å². The first-order valence-electron chi connectivity index (χ1n) is 20.2. The fourth-order valence-electron chi connectivity index (χ4n) is 8.46. The molecule has 0 amide bonds. The summed E-state index contributed by atoms with van der Waals surface area (Å²) < 4.78 is 0. The molecule has 0 saturated carbocycles. The monoisotopic (exact) mass is 748 g/mol. The Morgan fingerprint density at radius 1 is 0.190 bits per heavy atom. The van der Waals surface area contributed by atoms with Crippen molar-refractivity contribution in [1.82, 2.24) is 0 Å². The Labute approximate surface area is 341 Å². The highest BCUT2D eigenvalue weighted by Crippen LogP contribution is 2.41. The van der Waals surface area contributed by atoms with Crippen LogP contribution in [0.15, 0.2) is 230 Å². The molecule has 2 fully saturated rings. The van der Waals surface area contributed by atoms with Gasteiger partial charge in [-0.2, -0.15) is 0 Å². The van der Waals surface area contributed by atoms with Gasteiger partial charge in [-0.15, -0.1) is 0 Å². The van der Waals surface area contributed by atoms with E-state index in [1.54, 1.807) is 0 Å². The molecule has 0 atom stereocenters. The third-order valence-corrected chi connectivity index (χ3v) is 11.5. The number of rotatable bonds is 8. The van der Waals surface area contributed by atoms with Crippen LogP contribution >= 0.6 is 0 Å². The van der Waals surface area contributed by atoms with Crippen molar-refractivity contribution in [2.45, 2.75) is 0 Å². The molecular weight excluding hydrogens is 705 g/mol. The lowest BCUT2D eigenvalue weighted by Gasteiger charge is -2.34. The predicted octanol–water partition coefficient (Wildman–Crippen LogP) is 12.8. The van der Waals surface area contributed by atoms with Crippen LogP contribution in [0.4, 0.5) is 22.7 Å². The molecule has 0 N–H and O–H groups in total. The van der Waals surface area contributed by atoms with Crippen molar-refractivity contribution in [3.63, 3.8) is 0 Å². The Hall–Kier alpha value is -7.30. The minimum Gasteiger partial charge on any atom is -0.323 e. The van der Waals surface area contributed by atoms with Gasteiger partial charge in [0.1, 0.15) is 0 Å². The summed E-state index contributed by atoms with van der Waals surface area (Å²) in [6.07, 6.45) is 0. The van der Waals surface area contributed by atoms with Crippen LogP contribution in [0.3, 0.4) is 0 Å². The molecule has 0 aliphatic carbocycles. The maximum Gasteiger partial charge on any atom is 0.156 e. The van der Waals surface area contributed by atoms with Gasteiger partial charge >= 0.3 is 0 Å². The Balaban J connectivity index is 1.12. The van der Waals surface area contributed by atoms with Crippen LogP contribution in [-0.4, -0.2) is 26.2 Å². The van der Waals surface area contributed by atoms with E-state index < -0.39 is 0 Å². The average molecular weight is 749 g/mol. The van der Waals surface area contributed by atoms with E-state index in [1.807, 2.05) is 0 Å². The second-order valence-electron chi connectivity index (χ2n) is 14.9. The van der Waals surface area contributed by atoms with Crippen molar-refractivity contribution < 1.29 is 0 Å². The van der Waals surface area contributed by atoms with Crippen LogP contribution in [0.25, 0.3) is 44.5 Å². The highest BCUT2D eigenvalue weighted by atomic mass is 15.5. The molecule has 8 aromatic carbocycles. The molecule has 0 radical (unpaired) electrons. The summed E-state index contributed by atoms with van der Waals surface area (Å²) >= 11 is 0. The molecule has 0 aromatic heterocycles. The van der Waals surface area contributed by atoms with Crippen molar-refractivity contribution in [2.24, 2.45) is 0 Å². The summed E-state index contributed by atoms with van der Waals surface area (Å²) in [5, 5.41) is 0.